The van der Waals surface area contributed by atoms with Crippen molar-refractivity contribution in [2.45, 2.75) is 32.8 Å². The van der Waals surface area contributed by atoms with Gasteiger partial charge >= 0.3 is 6.09 Å². The molecular weight excluding hydrogens is 432 g/mol. The highest BCUT2D eigenvalue weighted by Gasteiger charge is 2.19. The number of ketones is 1. The van der Waals surface area contributed by atoms with Crippen molar-refractivity contribution >= 4 is 45.1 Å². The molecule has 0 radical (unpaired) electrons. The first-order valence-electron chi connectivity index (χ1n) is 8.21. The number of ether oxygens (including phenoxy) is 1. The zero-order valence-electron chi connectivity index (χ0n) is 15.5. The molecule has 9 nitrogen and oxygen atoms in total. The van der Waals surface area contributed by atoms with Gasteiger partial charge in [-0.15, -0.1) is 0 Å². The number of H-pyrrole nitrogens is 1. The Balaban J connectivity index is 2.12. The summed E-state index contributed by atoms with van der Waals surface area (Å²) >= 11 is 3.28. The number of carbonyl (C=O) groups excluding carboxylic acids is 3. The maximum absolute atomic E-state index is 12.3. The summed E-state index contributed by atoms with van der Waals surface area (Å²) in [6, 6.07) is 4.80. The van der Waals surface area contributed by atoms with Crippen molar-refractivity contribution in [2.75, 3.05) is 10.6 Å². The lowest BCUT2D eigenvalue weighted by molar-refractivity contribution is -0.115. The molecule has 1 aromatic heterocycles. The number of nitrogens with zero attached hydrogens (tertiary/aromatic N) is 1. The van der Waals surface area contributed by atoms with Gasteiger partial charge in [0, 0.05) is 10.7 Å². The van der Waals surface area contributed by atoms with Crippen molar-refractivity contribution in [1.29, 1.82) is 0 Å². The monoisotopic (exact) mass is 450 g/mol. The highest BCUT2D eigenvalue weighted by Crippen LogP contribution is 2.27. The van der Waals surface area contributed by atoms with Gasteiger partial charge in [-0.1, -0.05) is 15.9 Å². The molecule has 28 heavy (non-hydrogen) atoms. The topological polar surface area (TPSA) is 130 Å². The van der Waals surface area contributed by atoms with E-state index in [9.17, 15) is 19.2 Å². The number of anilines is 2. The molecule has 10 heteroatoms. The quantitative estimate of drug-likeness (QED) is 0.473. The van der Waals surface area contributed by atoms with Crippen LogP contribution in [-0.4, -0.2) is 33.6 Å². The zero-order valence-corrected chi connectivity index (χ0v) is 17.0. The maximum atomic E-state index is 12.3. The van der Waals surface area contributed by atoms with E-state index in [1.807, 2.05) is 0 Å². The average molecular weight is 451 g/mol. The number of aromatic amines is 1. The van der Waals surface area contributed by atoms with Crippen LogP contribution in [0.3, 0.4) is 0 Å². The maximum Gasteiger partial charge on any atom is 0.412 e. The summed E-state index contributed by atoms with van der Waals surface area (Å²) in [7, 11) is 0. The molecule has 0 unspecified atom stereocenters. The normalized spacial score (nSPS) is 10.9. The molecule has 2 aromatic rings. The molecule has 3 N–H and O–H groups in total. The van der Waals surface area contributed by atoms with Crippen molar-refractivity contribution in [1.82, 2.24) is 10.2 Å². The standard InChI is InChI=1S/C18H19BrN4O5/c1-18(2,3)28-17(27)23-12-5-4-10(19)6-13(12)22-16(26)7-14(24)11-8-20-21-9-15(11)25/h4-6,8-9H,7H2,1-3H3,(H,20,25)(H,22,26)(H,23,27). The van der Waals surface area contributed by atoms with E-state index >= 15 is 0 Å². The fourth-order valence-corrected chi connectivity index (χ4v) is 2.50. The minimum absolute atomic E-state index is 0.161. The highest BCUT2D eigenvalue weighted by atomic mass is 79.9. The molecule has 0 fully saturated rings. The fourth-order valence-electron chi connectivity index (χ4n) is 2.13. The van der Waals surface area contributed by atoms with Crippen LogP contribution in [0, 0.1) is 0 Å². The summed E-state index contributed by atoms with van der Waals surface area (Å²) in [6.45, 7) is 5.18. The van der Waals surface area contributed by atoms with Crippen LogP contribution in [-0.2, 0) is 9.53 Å². The van der Waals surface area contributed by atoms with Crippen molar-refractivity contribution in [2.24, 2.45) is 0 Å². The van der Waals surface area contributed by atoms with Gasteiger partial charge in [-0.25, -0.2) is 4.79 Å². The van der Waals surface area contributed by atoms with E-state index in [2.05, 4.69) is 36.8 Å². The summed E-state index contributed by atoms with van der Waals surface area (Å²) < 4.78 is 5.84. The summed E-state index contributed by atoms with van der Waals surface area (Å²) in [5.74, 6) is -1.30. The number of Topliss-reactive ketones (excluding diaryl/α,β-unsaturated/α-hetero) is 1. The number of nitrogens with one attached hydrogen (secondary N) is 3. The molecule has 2 amide bonds. The molecular formula is C18H19BrN4O5. The number of rotatable bonds is 5. The van der Waals surface area contributed by atoms with Crippen molar-refractivity contribution in [3.63, 3.8) is 0 Å². The van der Waals surface area contributed by atoms with Crippen LogP contribution in [0.25, 0.3) is 0 Å². The Hall–Kier alpha value is -3.01. The Morgan fingerprint density at radius 2 is 1.89 bits per heavy atom. The second-order valence-corrected chi connectivity index (χ2v) is 7.69. The van der Waals surface area contributed by atoms with Crippen LogP contribution < -0.4 is 16.1 Å². The van der Waals surface area contributed by atoms with Crippen LogP contribution in [0.2, 0.25) is 0 Å². The second-order valence-electron chi connectivity index (χ2n) is 6.77. The average Bonchev–Trinajstić information content (AvgIpc) is 2.56. The SMILES string of the molecule is CC(C)(C)OC(=O)Nc1ccc(Br)cc1NC(=O)CC(=O)c1c[nH]ncc1=O. The highest BCUT2D eigenvalue weighted by molar-refractivity contribution is 9.10. The Kier molecular flexibility index (Phi) is 6.68. The van der Waals surface area contributed by atoms with Crippen LogP contribution >= 0.6 is 15.9 Å². The smallest absolute Gasteiger partial charge is 0.412 e. The molecule has 0 bridgehead atoms. The van der Waals surface area contributed by atoms with Gasteiger partial charge in [-0.2, -0.15) is 5.10 Å². The number of amides is 2. The van der Waals surface area contributed by atoms with Crippen LogP contribution in [0.4, 0.5) is 16.2 Å². The summed E-state index contributed by atoms with van der Waals surface area (Å²) in [6.07, 6.45) is 0.866. The van der Waals surface area contributed by atoms with Crippen molar-refractivity contribution < 1.29 is 19.1 Å². The number of aromatic nitrogens is 2. The Bertz CT molecular complexity index is 965. The summed E-state index contributed by atoms with van der Waals surface area (Å²) in [5.41, 5.74) is -0.869. The van der Waals surface area contributed by atoms with E-state index in [0.717, 1.165) is 12.4 Å². The third-order valence-electron chi connectivity index (χ3n) is 3.24. The van der Waals surface area contributed by atoms with Crippen molar-refractivity contribution in [3.8, 4) is 0 Å². The molecule has 0 aliphatic heterocycles. The van der Waals surface area contributed by atoms with Gasteiger partial charge in [0.2, 0.25) is 11.3 Å². The van der Waals surface area contributed by atoms with Gasteiger partial charge < -0.3 is 10.1 Å². The Morgan fingerprint density at radius 3 is 2.54 bits per heavy atom. The van der Waals surface area contributed by atoms with Gasteiger partial charge in [0.15, 0.2) is 5.78 Å². The molecule has 0 atom stereocenters. The fraction of sp³-hybridized carbons (Fsp3) is 0.278. The second kappa shape index (κ2) is 8.79. The zero-order chi connectivity index (χ0) is 20.9. The first-order valence-corrected chi connectivity index (χ1v) is 9.00. The molecule has 0 aliphatic carbocycles. The number of benzene rings is 1. The molecule has 148 valence electrons. The summed E-state index contributed by atoms with van der Waals surface area (Å²) in [4.78, 5) is 48.0. The third-order valence-corrected chi connectivity index (χ3v) is 3.74. The lowest BCUT2D eigenvalue weighted by Crippen LogP contribution is -2.28. The number of carbonyl (C=O) groups is 3. The van der Waals surface area contributed by atoms with Crippen LogP contribution in [0.15, 0.2) is 39.9 Å². The number of halogens is 1. The predicted molar refractivity (Wildman–Crippen MR) is 106 cm³/mol. The van der Waals surface area contributed by atoms with Gasteiger partial charge in [-0.05, 0) is 39.0 Å². The molecule has 0 saturated heterocycles. The Labute approximate surface area is 169 Å². The van der Waals surface area contributed by atoms with Crippen LogP contribution in [0.5, 0.6) is 0 Å². The molecule has 0 spiro atoms. The van der Waals surface area contributed by atoms with Gasteiger partial charge in [0.25, 0.3) is 0 Å². The summed E-state index contributed by atoms with van der Waals surface area (Å²) in [5, 5.41) is 11.0. The van der Waals surface area contributed by atoms with E-state index in [4.69, 9.17) is 4.74 Å². The third kappa shape index (κ3) is 6.31. The van der Waals surface area contributed by atoms with Gasteiger partial charge in [-0.3, -0.25) is 24.8 Å². The minimum atomic E-state index is -0.690. The molecule has 1 heterocycles. The number of hydrogen-bond donors (Lipinski definition) is 3. The van der Waals surface area contributed by atoms with E-state index in [1.54, 1.807) is 39.0 Å². The predicted octanol–water partition coefficient (Wildman–Crippen LogP) is 3.09. The van der Waals surface area contributed by atoms with E-state index in [1.165, 1.54) is 0 Å². The number of hydrogen-bond acceptors (Lipinski definition) is 6. The largest absolute Gasteiger partial charge is 0.444 e. The van der Waals surface area contributed by atoms with E-state index in [0.29, 0.717) is 10.2 Å². The minimum Gasteiger partial charge on any atom is -0.444 e. The lowest BCUT2D eigenvalue weighted by Gasteiger charge is -2.20. The molecule has 2 rings (SSSR count). The lowest BCUT2D eigenvalue weighted by atomic mass is 10.1. The van der Waals surface area contributed by atoms with Gasteiger partial charge in [0.05, 0.1) is 29.6 Å². The molecule has 1 aromatic carbocycles. The molecule has 0 aliphatic rings. The van der Waals surface area contributed by atoms with E-state index in [-0.39, 0.29) is 11.3 Å². The van der Waals surface area contributed by atoms with E-state index < -0.39 is 35.2 Å². The van der Waals surface area contributed by atoms with Crippen LogP contribution in [0.1, 0.15) is 37.6 Å². The first kappa shape index (κ1) is 21.3. The Morgan fingerprint density at radius 1 is 1.18 bits per heavy atom. The van der Waals surface area contributed by atoms with Gasteiger partial charge in [0.1, 0.15) is 5.60 Å². The molecule has 0 saturated carbocycles. The van der Waals surface area contributed by atoms with Crippen molar-refractivity contribution in [3.05, 3.63) is 50.9 Å². The first-order chi connectivity index (χ1) is 13.0.